The van der Waals surface area contributed by atoms with Crippen LogP contribution in [-0.2, 0) is 10.9 Å². The number of nitrogens with two attached hydrogens (primary N) is 1. The summed E-state index contributed by atoms with van der Waals surface area (Å²) in [5.41, 5.74) is 5.48. The number of alkyl halides is 3. The summed E-state index contributed by atoms with van der Waals surface area (Å²) < 4.78 is 58.0. The summed E-state index contributed by atoms with van der Waals surface area (Å²) in [4.78, 5) is 13.3. The van der Waals surface area contributed by atoms with Crippen LogP contribution in [0.15, 0.2) is 36.9 Å². The van der Waals surface area contributed by atoms with E-state index in [2.05, 4.69) is 39.1 Å². The Hall–Kier alpha value is -2.99. The number of halogens is 4. The average molecular weight is 472 g/mol. The molecule has 2 aromatic heterocycles. The number of pyridine rings is 1. The average Bonchev–Trinajstić information content (AvgIpc) is 2.79. The molecule has 1 unspecified atom stereocenters. The van der Waals surface area contributed by atoms with Gasteiger partial charge in [0.1, 0.15) is 6.33 Å². The van der Waals surface area contributed by atoms with Crippen LogP contribution in [0.4, 0.5) is 29.2 Å². The van der Waals surface area contributed by atoms with Crippen LogP contribution < -0.4 is 21.3 Å². The van der Waals surface area contributed by atoms with E-state index in [4.69, 9.17) is 10.5 Å². The zero-order valence-corrected chi connectivity index (χ0v) is 18.6. The molecule has 1 aliphatic heterocycles. The van der Waals surface area contributed by atoms with Gasteiger partial charge in [0.05, 0.1) is 30.5 Å². The maximum absolute atomic E-state index is 14.5. The van der Waals surface area contributed by atoms with Gasteiger partial charge in [-0.2, -0.15) is 17.6 Å². The van der Waals surface area contributed by atoms with Crippen molar-refractivity contribution in [1.29, 1.82) is 0 Å². The zero-order chi connectivity index (χ0) is 24.4. The van der Waals surface area contributed by atoms with Crippen molar-refractivity contribution in [1.82, 2.24) is 20.3 Å². The first-order chi connectivity index (χ1) is 15.7. The van der Waals surface area contributed by atoms with Crippen molar-refractivity contribution >= 4 is 11.6 Å². The summed E-state index contributed by atoms with van der Waals surface area (Å²) in [6, 6.07) is 1.67. The largest absolute Gasteiger partial charge is 0.417 e. The molecule has 0 spiro atoms. The molecule has 4 N–H and O–H groups in total. The Labute approximate surface area is 190 Å². The van der Waals surface area contributed by atoms with Gasteiger partial charge in [-0.1, -0.05) is 13.5 Å². The number of hydrogen-bond donors (Lipinski definition) is 3. The first kappa shape index (κ1) is 26.3. The van der Waals surface area contributed by atoms with Gasteiger partial charge in [-0.25, -0.2) is 9.97 Å². The number of nitrogens with zero attached hydrogens (tertiary/aromatic N) is 4. The molecule has 12 heteroatoms. The minimum atomic E-state index is -4.46. The molecule has 33 heavy (non-hydrogen) atoms. The fourth-order valence-corrected chi connectivity index (χ4v) is 3.03. The Morgan fingerprint density at radius 3 is 2.64 bits per heavy atom. The van der Waals surface area contributed by atoms with Crippen LogP contribution in [0.2, 0.25) is 0 Å². The molecule has 0 aromatic carbocycles. The molecule has 0 saturated carbocycles. The van der Waals surface area contributed by atoms with E-state index in [1.165, 1.54) is 19.4 Å². The number of hydrogen-bond acceptors (Lipinski definition) is 8. The molecule has 0 bridgehead atoms. The summed E-state index contributed by atoms with van der Waals surface area (Å²) in [5.74, 6) is -0.547. The van der Waals surface area contributed by atoms with Crippen LogP contribution in [0, 0.1) is 5.82 Å². The van der Waals surface area contributed by atoms with Crippen LogP contribution >= 0.6 is 0 Å². The van der Waals surface area contributed by atoms with Crippen LogP contribution in [0.1, 0.15) is 30.6 Å². The maximum Gasteiger partial charge on any atom is 0.417 e. The second-order valence-corrected chi connectivity index (χ2v) is 7.20. The van der Waals surface area contributed by atoms with E-state index in [1.807, 2.05) is 0 Å². The van der Waals surface area contributed by atoms with Gasteiger partial charge in [0.15, 0.2) is 11.6 Å². The van der Waals surface area contributed by atoms with Gasteiger partial charge in [-0.3, -0.25) is 4.98 Å². The Bertz CT molecular complexity index is 893. The Kier molecular flexibility index (Phi) is 9.79. The third-order valence-corrected chi connectivity index (χ3v) is 4.64. The Morgan fingerprint density at radius 2 is 2.06 bits per heavy atom. The molecule has 3 rings (SSSR count). The number of nitrogens with one attached hydrogen (secondary N) is 2. The zero-order valence-electron chi connectivity index (χ0n) is 18.6. The van der Waals surface area contributed by atoms with E-state index in [9.17, 15) is 17.6 Å². The number of morpholine rings is 1. The van der Waals surface area contributed by atoms with Gasteiger partial charge in [0.2, 0.25) is 5.82 Å². The lowest BCUT2D eigenvalue weighted by Crippen LogP contribution is -2.41. The fourth-order valence-electron chi connectivity index (χ4n) is 3.03. The molecule has 1 fully saturated rings. The molecule has 1 aliphatic rings. The summed E-state index contributed by atoms with van der Waals surface area (Å²) in [7, 11) is 1.53. The molecule has 8 nitrogen and oxygen atoms in total. The highest BCUT2D eigenvalue weighted by atomic mass is 19.4. The van der Waals surface area contributed by atoms with Crippen molar-refractivity contribution in [2.45, 2.75) is 25.6 Å². The van der Waals surface area contributed by atoms with Crippen molar-refractivity contribution < 1.29 is 22.3 Å². The van der Waals surface area contributed by atoms with Crippen LogP contribution in [0.3, 0.4) is 0 Å². The minimum absolute atomic E-state index is 0.0376. The number of rotatable bonds is 7. The van der Waals surface area contributed by atoms with Crippen molar-refractivity contribution in [3.8, 4) is 0 Å². The Balaban J connectivity index is 0.000000414. The van der Waals surface area contributed by atoms with Gasteiger partial charge in [-0.05, 0) is 25.1 Å². The molecule has 0 aliphatic carbocycles. The standard InChI is InChI=1S/C15H15F4N5O.C6H14N2/c1-20-13-12(16)14(23-8-22-13)24-4-5-25-7-11(24)10-3-2-9(6-21-10)15(17,18)19;1-3-4-8-5-6(2)7/h2-3,6,8,11H,4-5,7H2,1H3,(H,20,22,23);8H,2-5,7H2,1H3. The summed E-state index contributed by atoms with van der Waals surface area (Å²) >= 11 is 0. The lowest BCUT2D eigenvalue weighted by atomic mass is 10.1. The predicted octanol–water partition coefficient (Wildman–Crippen LogP) is 3.11. The normalized spacial score (nSPS) is 16.1. The number of aromatic nitrogens is 3. The predicted molar refractivity (Wildman–Crippen MR) is 118 cm³/mol. The highest BCUT2D eigenvalue weighted by Crippen LogP contribution is 2.33. The molecular weight excluding hydrogens is 442 g/mol. The highest BCUT2D eigenvalue weighted by molar-refractivity contribution is 5.52. The van der Waals surface area contributed by atoms with E-state index in [0.717, 1.165) is 31.8 Å². The van der Waals surface area contributed by atoms with Gasteiger partial charge < -0.3 is 26.0 Å². The van der Waals surface area contributed by atoms with E-state index in [-0.39, 0.29) is 18.2 Å². The number of ether oxygens (including phenoxy) is 1. The number of anilines is 2. The van der Waals surface area contributed by atoms with E-state index >= 15 is 0 Å². The fraction of sp³-hybridized carbons (Fsp3) is 0.476. The molecule has 2 aromatic rings. The van der Waals surface area contributed by atoms with Crippen molar-refractivity contribution in [3.63, 3.8) is 0 Å². The third-order valence-electron chi connectivity index (χ3n) is 4.64. The maximum atomic E-state index is 14.5. The molecular formula is C21H29F4N7O. The molecule has 0 radical (unpaired) electrons. The van der Waals surface area contributed by atoms with Gasteiger partial charge in [0, 0.05) is 32.0 Å². The highest BCUT2D eigenvalue weighted by Gasteiger charge is 2.33. The van der Waals surface area contributed by atoms with Gasteiger partial charge in [0.25, 0.3) is 0 Å². The van der Waals surface area contributed by atoms with Gasteiger partial charge in [-0.15, -0.1) is 0 Å². The summed E-state index contributed by atoms with van der Waals surface area (Å²) in [6.45, 7) is 8.26. The second kappa shape index (κ2) is 12.3. The van der Waals surface area contributed by atoms with Crippen LogP contribution in [0.25, 0.3) is 0 Å². The first-order valence-electron chi connectivity index (χ1n) is 10.4. The minimum Gasteiger partial charge on any atom is -0.401 e. The van der Waals surface area contributed by atoms with Crippen molar-refractivity contribution in [2.75, 3.05) is 50.1 Å². The monoisotopic (exact) mass is 471 g/mol. The van der Waals surface area contributed by atoms with Gasteiger partial charge >= 0.3 is 6.18 Å². The topological polar surface area (TPSA) is 101 Å². The smallest absolute Gasteiger partial charge is 0.401 e. The van der Waals surface area contributed by atoms with Crippen molar-refractivity contribution in [3.05, 3.63) is 54.0 Å². The second-order valence-electron chi connectivity index (χ2n) is 7.20. The van der Waals surface area contributed by atoms with E-state index in [0.29, 0.717) is 24.5 Å². The molecule has 3 heterocycles. The lowest BCUT2D eigenvalue weighted by Gasteiger charge is -2.36. The Morgan fingerprint density at radius 1 is 1.30 bits per heavy atom. The first-order valence-corrected chi connectivity index (χ1v) is 10.4. The van der Waals surface area contributed by atoms with Crippen LogP contribution in [-0.4, -0.2) is 54.8 Å². The summed E-state index contributed by atoms with van der Waals surface area (Å²) in [5, 5.41) is 5.74. The summed E-state index contributed by atoms with van der Waals surface area (Å²) in [6.07, 6.45) is -1.34. The molecule has 182 valence electrons. The lowest BCUT2D eigenvalue weighted by molar-refractivity contribution is -0.137. The van der Waals surface area contributed by atoms with Crippen LogP contribution in [0.5, 0.6) is 0 Å². The van der Waals surface area contributed by atoms with E-state index < -0.39 is 23.6 Å². The van der Waals surface area contributed by atoms with E-state index in [1.54, 1.807) is 4.90 Å². The SMILES string of the molecule is C=C(N)CNCCC.CNc1ncnc(N2CCOCC2c2ccc(C(F)(F)F)cn2)c1F. The third kappa shape index (κ3) is 7.53. The molecule has 1 saturated heterocycles. The quantitative estimate of drug-likeness (QED) is 0.418. The molecule has 1 atom stereocenters. The molecule has 0 amide bonds. The van der Waals surface area contributed by atoms with Crippen molar-refractivity contribution in [2.24, 2.45) is 5.73 Å².